The molecule has 1 heterocycles. The van der Waals surface area contributed by atoms with Crippen molar-refractivity contribution >= 4 is 0 Å². The van der Waals surface area contributed by atoms with Crippen molar-refractivity contribution in [1.82, 2.24) is 9.97 Å². The summed E-state index contributed by atoms with van der Waals surface area (Å²) in [5.41, 5.74) is 1.03. The number of phenolic OH excluding ortho intramolecular Hbond substituents is 1. The maximum absolute atomic E-state index is 13.6. The van der Waals surface area contributed by atoms with Gasteiger partial charge in [0.1, 0.15) is 17.8 Å². The minimum absolute atomic E-state index is 0.0613. The van der Waals surface area contributed by atoms with Crippen LogP contribution in [-0.4, -0.2) is 15.1 Å². The number of halogens is 1. The number of nitrogens with zero attached hydrogens (tertiary/aromatic N) is 2. The van der Waals surface area contributed by atoms with E-state index in [2.05, 4.69) is 9.97 Å². The van der Waals surface area contributed by atoms with Crippen LogP contribution >= 0.6 is 0 Å². The topological polar surface area (TPSA) is 55.2 Å². The summed E-state index contributed by atoms with van der Waals surface area (Å²) in [5.74, 6) is -0.360. The van der Waals surface area contributed by atoms with Crippen molar-refractivity contribution < 1.29 is 14.2 Å². The van der Waals surface area contributed by atoms with Gasteiger partial charge in [-0.05, 0) is 31.5 Å². The normalized spacial score (nSPS) is 10.3. The van der Waals surface area contributed by atoms with E-state index < -0.39 is 5.82 Å². The first-order chi connectivity index (χ1) is 8.06. The van der Waals surface area contributed by atoms with E-state index in [4.69, 9.17) is 4.74 Å². The lowest BCUT2D eigenvalue weighted by Gasteiger charge is -2.07. The highest BCUT2D eigenvalue weighted by Gasteiger charge is 2.10. The first-order valence-electron chi connectivity index (χ1n) is 5.02. The summed E-state index contributed by atoms with van der Waals surface area (Å²) in [6.07, 6.45) is 1.23. The first-order valence-corrected chi connectivity index (χ1v) is 5.02. The molecule has 1 aromatic carbocycles. The number of benzene rings is 1. The third-order valence-electron chi connectivity index (χ3n) is 2.18. The molecule has 0 saturated carbocycles. The molecule has 1 aromatic heterocycles. The van der Waals surface area contributed by atoms with Crippen LogP contribution in [0.15, 0.2) is 24.5 Å². The van der Waals surface area contributed by atoms with E-state index in [0.29, 0.717) is 5.75 Å². The predicted octanol–water partition coefficient (Wildman–Crippen LogP) is 2.73. The zero-order valence-corrected chi connectivity index (χ0v) is 9.44. The predicted molar refractivity (Wildman–Crippen MR) is 59.6 cm³/mol. The van der Waals surface area contributed by atoms with Crippen molar-refractivity contribution in [2.75, 3.05) is 0 Å². The van der Waals surface area contributed by atoms with Gasteiger partial charge >= 0.3 is 0 Å². The van der Waals surface area contributed by atoms with E-state index in [0.717, 1.165) is 5.56 Å². The molecule has 0 bridgehead atoms. The summed E-state index contributed by atoms with van der Waals surface area (Å²) in [4.78, 5) is 7.40. The summed E-state index contributed by atoms with van der Waals surface area (Å²) in [5, 5.41) is 9.39. The highest BCUT2D eigenvalue weighted by atomic mass is 19.1. The van der Waals surface area contributed by atoms with Crippen LogP contribution in [-0.2, 0) is 0 Å². The fourth-order valence-corrected chi connectivity index (χ4v) is 1.41. The van der Waals surface area contributed by atoms with Gasteiger partial charge in [-0.15, -0.1) is 0 Å². The summed E-state index contributed by atoms with van der Waals surface area (Å²) in [6.45, 7) is 3.33. The standard InChI is InChI=1S/C12H11FN2O2/c1-7-3-9(16)5-10(4-7)17-12-11(13)8(2)14-6-15-12/h3-6,16H,1-2H3. The molecule has 5 heteroatoms. The molecule has 0 atom stereocenters. The molecule has 0 aliphatic heterocycles. The molecule has 88 valence electrons. The largest absolute Gasteiger partial charge is 0.508 e. The molecule has 1 N–H and O–H groups in total. The Balaban J connectivity index is 2.34. The number of aromatic hydroxyl groups is 1. The van der Waals surface area contributed by atoms with Crippen LogP contribution in [0.25, 0.3) is 0 Å². The second-order valence-electron chi connectivity index (χ2n) is 3.68. The Morgan fingerprint density at radius 1 is 1.18 bits per heavy atom. The molecule has 0 amide bonds. The smallest absolute Gasteiger partial charge is 0.259 e. The van der Waals surface area contributed by atoms with Crippen molar-refractivity contribution in [3.63, 3.8) is 0 Å². The molecule has 2 rings (SSSR count). The summed E-state index contributed by atoms with van der Waals surface area (Å²) < 4.78 is 18.8. The minimum Gasteiger partial charge on any atom is -0.508 e. The summed E-state index contributed by atoms with van der Waals surface area (Å²) in [7, 11) is 0. The Morgan fingerprint density at radius 2 is 1.94 bits per heavy atom. The van der Waals surface area contributed by atoms with Gasteiger partial charge in [-0.3, -0.25) is 0 Å². The van der Waals surface area contributed by atoms with Gasteiger partial charge in [-0.1, -0.05) is 0 Å². The van der Waals surface area contributed by atoms with Gasteiger partial charge in [-0.2, -0.15) is 9.37 Å². The van der Waals surface area contributed by atoms with Crippen LogP contribution < -0.4 is 4.74 Å². The van der Waals surface area contributed by atoms with Gasteiger partial charge in [0.2, 0.25) is 5.82 Å². The van der Waals surface area contributed by atoms with Crippen molar-refractivity contribution in [2.45, 2.75) is 13.8 Å². The van der Waals surface area contributed by atoms with Gasteiger partial charge in [0, 0.05) is 6.07 Å². The number of ether oxygens (including phenoxy) is 1. The number of phenols is 1. The number of hydrogen-bond donors (Lipinski definition) is 1. The summed E-state index contributed by atoms with van der Waals surface area (Å²) >= 11 is 0. The maximum atomic E-state index is 13.6. The van der Waals surface area contributed by atoms with E-state index in [9.17, 15) is 9.50 Å². The van der Waals surface area contributed by atoms with E-state index in [1.165, 1.54) is 19.3 Å². The SMILES string of the molecule is Cc1cc(O)cc(Oc2ncnc(C)c2F)c1. The number of rotatable bonds is 2. The van der Waals surface area contributed by atoms with Crippen LogP contribution in [0.5, 0.6) is 17.4 Å². The Labute approximate surface area is 97.7 Å². The van der Waals surface area contributed by atoms with Gasteiger partial charge < -0.3 is 9.84 Å². The second-order valence-corrected chi connectivity index (χ2v) is 3.68. The molecule has 0 saturated heterocycles. The third kappa shape index (κ3) is 2.50. The van der Waals surface area contributed by atoms with E-state index in [1.807, 2.05) is 0 Å². The average Bonchev–Trinajstić information content (AvgIpc) is 2.23. The van der Waals surface area contributed by atoms with Crippen LogP contribution in [0.1, 0.15) is 11.3 Å². The zero-order valence-electron chi connectivity index (χ0n) is 9.44. The maximum Gasteiger partial charge on any atom is 0.259 e. The molecule has 0 spiro atoms. The Kier molecular flexibility index (Phi) is 2.91. The number of hydrogen-bond acceptors (Lipinski definition) is 4. The molecule has 0 aliphatic rings. The number of aromatic nitrogens is 2. The van der Waals surface area contributed by atoms with Crippen LogP contribution in [0.2, 0.25) is 0 Å². The molecule has 17 heavy (non-hydrogen) atoms. The van der Waals surface area contributed by atoms with Gasteiger partial charge in [0.05, 0.1) is 5.69 Å². The van der Waals surface area contributed by atoms with Crippen molar-refractivity contribution in [3.8, 4) is 17.4 Å². The molecular weight excluding hydrogens is 223 g/mol. The molecule has 0 fully saturated rings. The highest BCUT2D eigenvalue weighted by Crippen LogP contribution is 2.27. The fraction of sp³-hybridized carbons (Fsp3) is 0.167. The van der Waals surface area contributed by atoms with Crippen molar-refractivity contribution in [3.05, 3.63) is 41.6 Å². The van der Waals surface area contributed by atoms with Crippen molar-refractivity contribution in [2.24, 2.45) is 0 Å². The molecule has 0 unspecified atom stereocenters. The first kappa shape index (κ1) is 11.3. The molecular formula is C12H11FN2O2. The highest BCUT2D eigenvalue weighted by molar-refractivity contribution is 5.38. The fourth-order valence-electron chi connectivity index (χ4n) is 1.41. The molecule has 4 nitrogen and oxygen atoms in total. The lowest BCUT2D eigenvalue weighted by Crippen LogP contribution is -1.96. The van der Waals surface area contributed by atoms with Gasteiger partial charge in [-0.25, -0.2) is 4.98 Å². The minimum atomic E-state index is -0.603. The Bertz CT molecular complexity index is 538. The van der Waals surface area contributed by atoms with Crippen LogP contribution in [0.4, 0.5) is 4.39 Å². The zero-order chi connectivity index (χ0) is 12.4. The number of aryl methyl sites for hydroxylation is 2. The average molecular weight is 234 g/mol. The monoisotopic (exact) mass is 234 g/mol. The third-order valence-corrected chi connectivity index (χ3v) is 2.18. The molecule has 0 aliphatic carbocycles. The van der Waals surface area contributed by atoms with E-state index in [-0.39, 0.29) is 17.3 Å². The summed E-state index contributed by atoms with van der Waals surface area (Å²) in [6, 6.07) is 4.65. The van der Waals surface area contributed by atoms with Crippen LogP contribution in [0, 0.1) is 19.7 Å². The van der Waals surface area contributed by atoms with E-state index in [1.54, 1.807) is 19.1 Å². The Hall–Kier alpha value is -2.17. The lowest BCUT2D eigenvalue weighted by molar-refractivity contribution is 0.410. The van der Waals surface area contributed by atoms with Crippen LogP contribution in [0.3, 0.4) is 0 Å². The Morgan fingerprint density at radius 3 is 2.65 bits per heavy atom. The molecule has 0 radical (unpaired) electrons. The molecule has 2 aromatic rings. The van der Waals surface area contributed by atoms with E-state index >= 15 is 0 Å². The van der Waals surface area contributed by atoms with Gasteiger partial charge in [0.15, 0.2) is 0 Å². The van der Waals surface area contributed by atoms with Gasteiger partial charge in [0.25, 0.3) is 5.88 Å². The second kappa shape index (κ2) is 4.37. The lowest BCUT2D eigenvalue weighted by atomic mass is 10.2. The van der Waals surface area contributed by atoms with Crippen molar-refractivity contribution in [1.29, 1.82) is 0 Å². The quantitative estimate of drug-likeness (QED) is 0.868.